The summed E-state index contributed by atoms with van der Waals surface area (Å²) in [4.78, 5) is 11.8. The zero-order valence-electron chi connectivity index (χ0n) is 11.2. The van der Waals surface area contributed by atoms with Gasteiger partial charge in [-0.1, -0.05) is 6.42 Å². The molecule has 0 aromatic carbocycles. The number of amides is 1. The first kappa shape index (κ1) is 13.6. The van der Waals surface area contributed by atoms with Crippen LogP contribution in [0.15, 0.2) is 0 Å². The van der Waals surface area contributed by atoms with Crippen LogP contribution in [0.3, 0.4) is 0 Å². The first-order chi connectivity index (χ1) is 8.54. The Hall–Kier alpha value is -0.840. The third-order valence-electron chi connectivity index (χ3n) is 4.07. The van der Waals surface area contributed by atoms with Crippen molar-refractivity contribution in [3.8, 4) is 0 Å². The van der Waals surface area contributed by atoms with Crippen molar-refractivity contribution in [1.29, 1.82) is 0 Å². The van der Waals surface area contributed by atoms with Crippen molar-refractivity contribution < 1.29 is 4.79 Å². The lowest BCUT2D eigenvalue weighted by Crippen LogP contribution is -2.48. The molecule has 18 heavy (non-hydrogen) atoms. The fourth-order valence-corrected chi connectivity index (χ4v) is 3.63. The number of carbonyl (C=O) groups excluding carboxylic acids is 1. The number of fused-ring (bicyclic) bond motifs is 2. The molecule has 1 amide bonds. The van der Waals surface area contributed by atoms with Gasteiger partial charge in [-0.15, -0.1) is 0 Å². The molecule has 102 valence electrons. The molecule has 0 saturated heterocycles. The molecule has 0 spiro atoms. The van der Waals surface area contributed by atoms with Gasteiger partial charge in [-0.05, 0) is 63.1 Å². The molecule has 0 heterocycles. The Bertz CT molecular complexity index is 332. The van der Waals surface area contributed by atoms with Gasteiger partial charge in [0, 0.05) is 12.5 Å². The Labute approximate surface area is 114 Å². The summed E-state index contributed by atoms with van der Waals surface area (Å²) in [5.41, 5.74) is 5.43. The highest BCUT2D eigenvalue weighted by atomic mass is 32.1. The molecule has 2 aliphatic carbocycles. The van der Waals surface area contributed by atoms with Crippen molar-refractivity contribution in [2.75, 3.05) is 0 Å². The van der Waals surface area contributed by atoms with Crippen molar-refractivity contribution in [3.63, 3.8) is 0 Å². The average Bonchev–Trinajstić information content (AvgIpc) is 2.87. The van der Waals surface area contributed by atoms with Crippen LogP contribution in [0.1, 0.15) is 46.0 Å². The number of carbonyl (C=O) groups is 1. The lowest BCUT2D eigenvalue weighted by molar-refractivity contribution is -0.122. The molecule has 3 atom stereocenters. The summed E-state index contributed by atoms with van der Waals surface area (Å²) >= 11 is 5.05. The number of hydrogen-bond donors (Lipinski definition) is 3. The van der Waals surface area contributed by atoms with E-state index < -0.39 is 0 Å². The molecule has 2 rings (SSSR count). The first-order valence-electron chi connectivity index (χ1n) is 6.90. The zero-order chi connectivity index (χ0) is 13.1. The molecule has 0 aromatic rings. The van der Waals surface area contributed by atoms with Crippen LogP contribution < -0.4 is 16.2 Å². The Morgan fingerprint density at radius 2 is 2.06 bits per heavy atom. The van der Waals surface area contributed by atoms with Gasteiger partial charge in [0.2, 0.25) is 5.91 Å². The molecule has 0 aromatic heterocycles. The highest BCUT2D eigenvalue weighted by Gasteiger charge is 2.40. The molecule has 2 aliphatic rings. The molecule has 4 nitrogen and oxygen atoms in total. The number of rotatable bonds is 3. The maximum Gasteiger partial charge on any atom is 0.238 e. The molecular weight excluding hydrogens is 246 g/mol. The number of hydrazine groups is 1. The normalized spacial score (nSPS) is 29.4. The minimum absolute atomic E-state index is 0.0560. The average molecular weight is 269 g/mol. The summed E-state index contributed by atoms with van der Waals surface area (Å²) in [6.45, 7) is 4.01. The second-order valence-electron chi connectivity index (χ2n) is 5.94. The molecular formula is C13H23N3OS. The molecule has 0 aliphatic heterocycles. The van der Waals surface area contributed by atoms with E-state index in [1.54, 1.807) is 0 Å². The minimum Gasteiger partial charge on any atom is -0.359 e. The zero-order valence-corrected chi connectivity index (χ0v) is 12.0. The van der Waals surface area contributed by atoms with Crippen molar-refractivity contribution in [2.45, 2.75) is 52.0 Å². The van der Waals surface area contributed by atoms with Gasteiger partial charge in [0.05, 0.1) is 0 Å². The highest BCUT2D eigenvalue weighted by Crippen LogP contribution is 2.49. The smallest absolute Gasteiger partial charge is 0.238 e. The van der Waals surface area contributed by atoms with E-state index in [1.807, 2.05) is 13.8 Å². The third kappa shape index (κ3) is 3.57. The SMILES string of the molecule is CC(C)NC(=S)NNC(=O)C[C@H]1C[C@H]2CC[C@@H]1C2. The molecule has 5 heteroatoms. The number of nitrogens with one attached hydrogen (secondary N) is 3. The Morgan fingerprint density at radius 1 is 1.28 bits per heavy atom. The molecule has 0 unspecified atom stereocenters. The second-order valence-corrected chi connectivity index (χ2v) is 6.35. The van der Waals surface area contributed by atoms with Gasteiger partial charge in [0.25, 0.3) is 0 Å². The summed E-state index contributed by atoms with van der Waals surface area (Å²) in [7, 11) is 0. The number of hydrogen-bond acceptors (Lipinski definition) is 2. The fourth-order valence-electron chi connectivity index (χ4n) is 3.34. The van der Waals surface area contributed by atoms with E-state index in [4.69, 9.17) is 12.2 Å². The quantitative estimate of drug-likeness (QED) is 0.539. The molecule has 2 bridgehead atoms. The Morgan fingerprint density at radius 3 is 2.61 bits per heavy atom. The highest BCUT2D eigenvalue weighted by molar-refractivity contribution is 7.80. The number of thiocarbonyl (C=S) groups is 1. The Kier molecular flexibility index (Phi) is 4.43. The second kappa shape index (κ2) is 5.87. The fraction of sp³-hybridized carbons (Fsp3) is 0.846. The van der Waals surface area contributed by atoms with E-state index in [1.165, 1.54) is 25.7 Å². The summed E-state index contributed by atoms with van der Waals surface area (Å²) in [6, 6.07) is 0.271. The summed E-state index contributed by atoms with van der Waals surface area (Å²) in [5, 5.41) is 3.50. The van der Waals surface area contributed by atoms with E-state index in [2.05, 4.69) is 16.2 Å². The van der Waals surface area contributed by atoms with Crippen LogP contribution in [0.2, 0.25) is 0 Å². The monoisotopic (exact) mass is 269 g/mol. The van der Waals surface area contributed by atoms with Crippen LogP contribution in [-0.2, 0) is 4.79 Å². The Balaban J connectivity index is 1.65. The molecule has 3 N–H and O–H groups in total. The summed E-state index contributed by atoms with van der Waals surface area (Å²) in [5.74, 6) is 2.34. The van der Waals surface area contributed by atoms with E-state index in [-0.39, 0.29) is 11.9 Å². The standard InChI is InChI=1S/C13H23N3OS/c1-8(2)14-13(18)16-15-12(17)7-11-6-9-3-4-10(11)5-9/h8-11H,3-7H2,1-2H3,(H,15,17)(H2,14,16,18)/t9-,10+,11+/m0/s1. The van der Waals surface area contributed by atoms with Gasteiger partial charge < -0.3 is 5.32 Å². The van der Waals surface area contributed by atoms with Crippen LogP contribution in [-0.4, -0.2) is 17.1 Å². The van der Waals surface area contributed by atoms with Crippen LogP contribution in [0.5, 0.6) is 0 Å². The lowest BCUT2D eigenvalue weighted by atomic mass is 9.86. The van der Waals surface area contributed by atoms with Crippen molar-refractivity contribution >= 4 is 23.2 Å². The van der Waals surface area contributed by atoms with Crippen LogP contribution >= 0.6 is 12.2 Å². The van der Waals surface area contributed by atoms with Gasteiger partial charge in [-0.2, -0.15) is 0 Å². The van der Waals surface area contributed by atoms with E-state index in [0.29, 0.717) is 17.5 Å². The van der Waals surface area contributed by atoms with E-state index in [0.717, 1.165) is 11.8 Å². The van der Waals surface area contributed by atoms with Gasteiger partial charge in [-0.3, -0.25) is 15.6 Å². The van der Waals surface area contributed by atoms with E-state index >= 15 is 0 Å². The lowest BCUT2D eigenvalue weighted by Gasteiger charge is -2.21. The topological polar surface area (TPSA) is 53.2 Å². The van der Waals surface area contributed by atoms with Gasteiger partial charge in [0.15, 0.2) is 5.11 Å². The van der Waals surface area contributed by atoms with Gasteiger partial charge in [-0.25, -0.2) is 0 Å². The predicted octanol–water partition coefficient (Wildman–Crippen LogP) is 1.72. The van der Waals surface area contributed by atoms with Crippen molar-refractivity contribution in [1.82, 2.24) is 16.2 Å². The van der Waals surface area contributed by atoms with E-state index in [9.17, 15) is 4.79 Å². The van der Waals surface area contributed by atoms with Gasteiger partial charge >= 0.3 is 0 Å². The largest absolute Gasteiger partial charge is 0.359 e. The summed E-state index contributed by atoms with van der Waals surface area (Å²) < 4.78 is 0. The van der Waals surface area contributed by atoms with Gasteiger partial charge in [0.1, 0.15) is 0 Å². The molecule has 2 saturated carbocycles. The molecule has 2 fully saturated rings. The maximum atomic E-state index is 11.8. The van der Waals surface area contributed by atoms with Crippen LogP contribution in [0, 0.1) is 17.8 Å². The van der Waals surface area contributed by atoms with Crippen LogP contribution in [0.4, 0.5) is 0 Å². The third-order valence-corrected chi connectivity index (χ3v) is 4.29. The maximum absolute atomic E-state index is 11.8. The first-order valence-corrected chi connectivity index (χ1v) is 7.30. The van der Waals surface area contributed by atoms with Crippen molar-refractivity contribution in [2.24, 2.45) is 17.8 Å². The van der Waals surface area contributed by atoms with Crippen LogP contribution in [0.25, 0.3) is 0 Å². The minimum atomic E-state index is 0.0560. The molecule has 0 radical (unpaired) electrons. The predicted molar refractivity (Wildman–Crippen MR) is 75.7 cm³/mol. The van der Waals surface area contributed by atoms with Crippen molar-refractivity contribution in [3.05, 3.63) is 0 Å². The summed E-state index contributed by atoms with van der Waals surface area (Å²) in [6.07, 6.45) is 5.93.